The average Bonchev–Trinajstić information content (AvgIpc) is 2.84. The maximum atomic E-state index is 13.0. The van der Waals surface area contributed by atoms with Crippen LogP contribution in [0.3, 0.4) is 0 Å². The summed E-state index contributed by atoms with van der Waals surface area (Å²) in [4.78, 5) is 0. The quantitative estimate of drug-likeness (QED) is 0.399. The van der Waals surface area contributed by atoms with E-state index >= 15 is 0 Å². The van der Waals surface area contributed by atoms with Crippen molar-refractivity contribution in [3.8, 4) is 5.75 Å². The van der Waals surface area contributed by atoms with Crippen LogP contribution in [-0.4, -0.2) is 16.1 Å². The van der Waals surface area contributed by atoms with Crippen LogP contribution in [0, 0.1) is 10.6 Å². The minimum absolute atomic E-state index is 0.134. The van der Waals surface area contributed by atoms with Gasteiger partial charge in [0.15, 0.2) is 0 Å². The standard InChI is InChI=1S/C22H25NO2/c1-5-6-11-22(4)13-9-16-19(25-22)8-7-15-17-14-21(2,3)12-10-18(17)23(24)20(15)16/h5-9,13-14H,10-12H2,1-4H3/b6-5+. The van der Waals surface area contributed by atoms with E-state index in [-0.39, 0.29) is 11.0 Å². The lowest BCUT2D eigenvalue weighted by atomic mass is 9.77. The first-order valence-electron chi connectivity index (χ1n) is 9.07. The van der Waals surface area contributed by atoms with E-state index in [1.807, 2.05) is 19.1 Å². The van der Waals surface area contributed by atoms with Gasteiger partial charge in [-0.3, -0.25) is 0 Å². The summed E-state index contributed by atoms with van der Waals surface area (Å²) in [5.74, 6) is 0.799. The van der Waals surface area contributed by atoms with Crippen molar-refractivity contribution in [2.45, 2.75) is 52.6 Å². The van der Waals surface area contributed by atoms with Crippen molar-refractivity contribution in [3.05, 3.63) is 52.8 Å². The molecule has 0 saturated carbocycles. The summed E-state index contributed by atoms with van der Waals surface area (Å²) in [5.41, 5.74) is 4.49. The first kappa shape index (κ1) is 16.2. The van der Waals surface area contributed by atoms with Crippen molar-refractivity contribution < 1.29 is 9.48 Å². The van der Waals surface area contributed by atoms with E-state index in [4.69, 9.17) is 4.74 Å². The fourth-order valence-corrected chi connectivity index (χ4v) is 3.98. The molecule has 1 atom stereocenters. The van der Waals surface area contributed by atoms with E-state index in [1.54, 1.807) is 0 Å². The summed E-state index contributed by atoms with van der Waals surface area (Å²) in [6.07, 6.45) is 13.2. The number of rotatable bonds is 2. The number of allylic oxidation sites excluding steroid dienone is 3. The Morgan fingerprint density at radius 2 is 2.08 bits per heavy atom. The Balaban J connectivity index is 1.82. The minimum atomic E-state index is -0.360. The van der Waals surface area contributed by atoms with Gasteiger partial charge in [-0.1, -0.05) is 32.1 Å². The molecule has 130 valence electrons. The first-order valence-corrected chi connectivity index (χ1v) is 9.07. The molecule has 0 amide bonds. The number of fused-ring (bicyclic) bond motifs is 5. The third-order valence-electron chi connectivity index (χ3n) is 5.47. The number of nitrogens with zero attached hydrogens (tertiary/aromatic N) is 1. The van der Waals surface area contributed by atoms with Crippen LogP contribution in [0.4, 0.5) is 5.69 Å². The van der Waals surface area contributed by atoms with Gasteiger partial charge in [0.05, 0.1) is 16.7 Å². The van der Waals surface area contributed by atoms with Gasteiger partial charge >= 0.3 is 0 Å². The third kappa shape index (κ3) is 2.53. The number of ether oxygens (including phenoxy) is 1. The van der Waals surface area contributed by atoms with Crippen molar-refractivity contribution in [1.29, 1.82) is 0 Å². The van der Waals surface area contributed by atoms with E-state index in [0.717, 1.165) is 57.8 Å². The van der Waals surface area contributed by atoms with E-state index in [9.17, 15) is 5.21 Å². The third-order valence-corrected chi connectivity index (χ3v) is 5.47. The molecule has 2 heterocycles. The van der Waals surface area contributed by atoms with E-state index in [2.05, 4.69) is 51.1 Å². The topological polar surface area (TPSA) is 35.3 Å². The largest absolute Gasteiger partial charge is 0.618 e. The van der Waals surface area contributed by atoms with Gasteiger partial charge < -0.3 is 9.94 Å². The van der Waals surface area contributed by atoms with Crippen LogP contribution >= 0.6 is 0 Å². The number of hydrogen-bond donors (Lipinski definition) is 0. The zero-order chi connectivity index (χ0) is 17.8. The number of benzene rings is 1. The Morgan fingerprint density at radius 1 is 1.28 bits per heavy atom. The van der Waals surface area contributed by atoms with Gasteiger partial charge in [-0.15, -0.1) is 0 Å². The molecule has 0 radical (unpaired) electrons. The lowest BCUT2D eigenvalue weighted by Gasteiger charge is -2.31. The smallest absolute Gasteiger partial charge is 0.235 e. The highest BCUT2D eigenvalue weighted by Crippen LogP contribution is 2.48. The molecule has 1 aromatic rings. The summed E-state index contributed by atoms with van der Waals surface area (Å²) < 4.78 is 7.39. The van der Waals surface area contributed by atoms with Crippen LogP contribution < -0.4 is 4.74 Å². The minimum Gasteiger partial charge on any atom is -0.618 e. The van der Waals surface area contributed by atoms with Crippen molar-refractivity contribution in [2.24, 2.45) is 5.41 Å². The van der Waals surface area contributed by atoms with Crippen LogP contribution in [-0.2, 0) is 0 Å². The Labute approximate surface area is 149 Å². The second kappa shape index (κ2) is 5.35. The molecule has 25 heavy (non-hydrogen) atoms. The van der Waals surface area contributed by atoms with Gasteiger partial charge in [0.25, 0.3) is 0 Å². The van der Waals surface area contributed by atoms with Gasteiger partial charge in [0.1, 0.15) is 11.4 Å². The molecule has 1 unspecified atom stereocenters. The predicted molar refractivity (Wildman–Crippen MR) is 103 cm³/mol. The van der Waals surface area contributed by atoms with Gasteiger partial charge in [0, 0.05) is 12.8 Å². The summed E-state index contributed by atoms with van der Waals surface area (Å²) in [5, 5.41) is 13.0. The summed E-state index contributed by atoms with van der Waals surface area (Å²) in [7, 11) is 0. The van der Waals surface area contributed by atoms with Crippen molar-refractivity contribution in [2.75, 3.05) is 0 Å². The van der Waals surface area contributed by atoms with E-state index in [1.165, 1.54) is 0 Å². The molecule has 1 aliphatic carbocycles. The van der Waals surface area contributed by atoms with Crippen LogP contribution in [0.5, 0.6) is 5.75 Å². The molecular weight excluding hydrogens is 310 g/mol. The van der Waals surface area contributed by atoms with Crippen LogP contribution in [0.15, 0.2) is 36.4 Å². The zero-order valence-electron chi connectivity index (χ0n) is 15.4. The molecule has 3 nitrogen and oxygen atoms in total. The second-order valence-electron chi connectivity index (χ2n) is 8.18. The molecule has 0 fully saturated rings. The van der Waals surface area contributed by atoms with Crippen LogP contribution in [0.2, 0.25) is 0 Å². The molecule has 3 aliphatic rings. The molecule has 4 rings (SSSR count). The SMILES string of the molecule is C/C=C/CC1(C)C=Cc2c(ccc3c2[N+]([O-])=C2CCC(C)(C)C=C23)O1. The van der Waals surface area contributed by atoms with Gasteiger partial charge in [-0.2, -0.15) is 4.74 Å². The summed E-state index contributed by atoms with van der Waals surface area (Å²) in [6, 6.07) is 4.07. The van der Waals surface area contributed by atoms with Gasteiger partial charge in [-0.25, -0.2) is 0 Å². The monoisotopic (exact) mass is 335 g/mol. The van der Waals surface area contributed by atoms with Crippen molar-refractivity contribution >= 4 is 23.0 Å². The maximum Gasteiger partial charge on any atom is 0.235 e. The zero-order valence-corrected chi connectivity index (χ0v) is 15.4. The molecule has 0 saturated heterocycles. The van der Waals surface area contributed by atoms with Gasteiger partial charge in [0.2, 0.25) is 11.4 Å². The summed E-state index contributed by atoms with van der Waals surface area (Å²) in [6.45, 7) is 8.56. The predicted octanol–water partition coefficient (Wildman–Crippen LogP) is 5.62. The first-order chi connectivity index (χ1) is 11.8. The van der Waals surface area contributed by atoms with Gasteiger partial charge in [-0.05, 0) is 50.0 Å². The molecule has 0 N–H and O–H groups in total. The molecule has 0 bridgehead atoms. The average molecular weight is 335 g/mol. The number of hydrogen-bond acceptors (Lipinski definition) is 2. The molecule has 0 spiro atoms. The highest BCUT2D eigenvalue weighted by molar-refractivity contribution is 6.26. The Hall–Kier alpha value is -2.29. The molecular formula is C22H25NO2. The van der Waals surface area contributed by atoms with E-state index in [0.29, 0.717) is 0 Å². The Bertz CT molecular complexity index is 870. The second-order valence-corrected chi connectivity index (χ2v) is 8.18. The van der Waals surface area contributed by atoms with Crippen LogP contribution in [0.1, 0.15) is 58.1 Å². The Morgan fingerprint density at radius 3 is 2.84 bits per heavy atom. The molecule has 1 aromatic carbocycles. The normalized spacial score (nSPS) is 26.2. The van der Waals surface area contributed by atoms with Crippen molar-refractivity contribution in [3.63, 3.8) is 0 Å². The summed E-state index contributed by atoms with van der Waals surface area (Å²) >= 11 is 0. The Kier molecular flexibility index (Phi) is 3.47. The molecule has 3 heteroatoms. The molecule has 0 aromatic heterocycles. The van der Waals surface area contributed by atoms with Crippen LogP contribution in [0.25, 0.3) is 11.6 Å². The maximum absolute atomic E-state index is 13.0. The lowest BCUT2D eigenvalue weighted by Crippen LogP contribution is -2.31. The molecule has 2 aliphatic heterocycles. The lowest BCUT2D eigenvalue weighted by molar-refractivity contribution is -0.358. The highest BCUT2D eigenvalue weighted by atomic mass is 16.5. The van der Waals surface area contributed by atoms with Crippen molar-refractivity contribution in [1.82, 2.24) is 0 Å². The fraction of sp³-hybridized carbons (Fsp3) is 0.409. The highest BCUT2D eigenvalue weighted by Gasteiger charge is 2.40. The fourth-order valence-electron chi connectivity index (χ4n) is 3.98. The van der Waals surface area contributed by atoms with E-state index < -0.39 is 0 Å².